The molecule has 0 aliphatic heterocycles. The van der Waals surface area contributed by atoms with Crippen LogP contribution >= 0.6 is 0 Å². The molecular formula is C21H25N3O2. The maximum atomic E-state index is 11.9. The zero-order chi connectivity index (χ0) is 18.5. The Morgan fingerprint density at radius 1 is 1.04 bits per heavy atom. The average Bonchev–Trinajstić information content (AvgIpc) is 3.14. The molecular weight excluding hydrogens is 326 g/mol. The first-order chi connectivity index (χ1) is 12.6. The molecule has 1 aromatic carbocycles. The number of rotatable bonds is 7. The summed E-state index contributed by atoms with van der Waals surface area (Å²) in [6.07, 6.45) is 7.77. The molecule has 0 radical (unpaired) electrons. The van der Waals surface area contributed by atoms with Gasteiger partial charge in [0.1, 0.15) is 5.75 Å². The van der Waals surface area contributed by atoms with Gasteiger partial charge >= 0.3 is 0 Å². The Bertz CT molecular complexity index is 910. The van der Waals surface area contributed by atoms with Gasteiger partial charge < -0.3 is 9.30 Å². The van der Waals surface area contributed by atoms with E-state index in [1.165, 1.54) is 0 Å². The topological polar surface area (TPSA) is 49.0 Å². The van der Waals surface area contributed by atoms with Crippen LogP contribution in [0.2, 0.25) is 0 Å². The summed E-state index contributed by atoms with van der Waals surface area (Å²) in [6.45, 7) is 6.94. The summed E-state index contributed by atoms with van der Waals surface area (Å²) in [5.74, 6) is 0.877. The highest BCUT2D eigenvalue weighted by Crippen LogP contribution is 2.23. The SMILES string of the molecule is CCCn1cc(-n2cc(-c3ccc(O[C@@H](C)CC)cc3)cn2)ccc1=O. The van der Waals surface area contributed by atoms with Gasteiger partial charge in [-0.1, -0.05) is 26.0 Å². The second kappa shape index (κ2) is 8.04. The Labute approximate surface area is 153 Å². The number of aryl methyl sites for hydroxylation is 1. The predicted molar refractivity (Wildman–Crippen MR) is 104 cm³/mol. The molecule has 0 aliphatic carbocycles. The Balaban J connectivity index is 1.81. The molecule has 5 heteroatoms. The molecule has 26 heavy (non-hydrogen) atoms. The molecule has 0 amide bonds. The number of ether oxygens (including phenoxy) is 1. The molecule has 0 unspecified atom stereocenters. The number of benzene rings is 1. The van der Waals surface area contributed by atoms with Crippen molar-refractivity contribution < 1.29 is 4.74 Å². The molecule has 1 atom stereocenters. The van der Waals surface area contributed by atoms with Crippen molar-refractivity contribution in [1.82, 2.24) is 14.3 Å². The molecule has 0 bridgehead atoms. The summed E-state index contributed by atoms with van der Waals surface area (Å²) in [4.78, 5) is 11.9. The van der Waals surface area contributed by atoms with Gasteiger partial charge in [0.05, 0.1) is 18.0 Å². The van der Waals surface area contributed by atoms with Gasteiger partial charge in [0.25, 0.3) is 5.56 Å². The minimum absolute atomic E-state index is 0.0138. The monoisotopic (exact) mass is 351 g/mol. The van der Waals surface area contributed by atoms with Crippen molar-refractivity contribution >= 4 is 0 Å². The van der Waals surface area contributed by atoms with E-state index >= 15 is 0 Å². The molecule has 5 nitrogen and oxygen atoms in total. The second-order valence-corrected chi connectivity index (χ2v) is 6.45. The number of hydrogen-bond donors (Lipinski definition) is 0. The van der Waals surface area contributed by atoms with E-state index in [0.29, 0.717) is 6.54 Å². The predicted octanol–water partition coefficient (Wildman–Crippen LogP) is 4.29. The summed E-state index contributed by atoms with van der Waals surface area (Å²) >= 11 is 0. The van der Waals surface area contributed by atoms with Gasteiger partial charge in [-0.05, 0) is 43.5 Å². The van der Waals surface area contributed by atoms with Gasteiger partial charge in [-0.15, -0.1) is 0 Å². The van der Waals surface area contributed by atoms with E-state index in [-0.39, 0.29) is 11.7 Å². The first-order valence-electron chi connectivity index (χ1n) is 9.13. The Hall–Kier alpha value is -2.82. The number of hydrogen-bond acceptors (Lipinski definition) is 3. The van der Waals surface area contributed by atoms with Crippen molar-refractivity contribution in [2.75, 3.05) is 0 Å². The summed E-state index contributed by atoms with van der Waals surface area (Å²) in [5.41, 5.74) is 2.99. The molecule has 0 N–H and O–H groups in total. The normalized spacial score (nSPS) is 12.1. The zero-order valence-corrected chi connectivity index (χ0v) is 15.6. The lowest BCUT2D eigenvalue weighted by atomic mass is 10.1. The van der Waals surface area contributed by atoms with Crippen LogP contribution in [0.5, 0.6) is 5.75 Å². The molecule has 0 saturated carbocycles. The molecule has 2 aromatic heterocycles. The lowest BCUT2D eigenvalue weighted by Gasteiger charge is -2.12. The molecule has 136 valence electrons. The van der Waals surface area contributed by atoms with Gasteiger partial charge in [0, 0.05) is 30.6 Å². The molecule has 0 spiro atoms. The third-order valence-electron chi connectivity index (χ3n) is 4.38. The molecule has 0 aliphatic rings. The fourth-order valence-electron chi connectivity index (χ4n) is 2.72. The van der Waals surface area contributed by atoms with E-state index in [1.54, 1.807) is 21.4 Å². The van der Waals surface area contributed by atoms with Crippen molar-refractivity contribution in [3.63, 3.8) is 0 Å². The standard InChI is InChI=1S/C21H25N3O2/c1-4-12-23-15-19(8-11-21(23)25)24-14-18(13-22-24)17-6-9-20(10-7-17)26-16(3)5-2/h6-11,13-16H,4-5,12H2,1-3H3/t16-/m0/s1. The fraction of sp³-hybridized carbons (Fsp3) is 0.333. The summed E-state index contributed by atoms with van der Waals surface area (Å²) in [6, 6.07) is 11.4. The molecule has 0 saturated heterocycles. The largest absolute Gasteiger partial charge is 0.491 e. The quantitative estimate of drug-likeness (QED) is 0.638. The van der Waals surface area contributed by atoms with Crippen LogP contribution < -0.4 is 10.3 Å². The van der Waals surface area contributed by atoms with E-state index in [1.807, 2.05) is 42.9 Å². The van der Waals surface area contributed by atoms with Gasteiger partial charge in [0.2, 0.25) is 0 Å². The van der Waals surface area contributed by atoms with Gasteiger partial charge in [0.15, 0.2) is 0 Å². The van der Waals surface area contributed by atoms with Crippen LogP contribution in [0.3, 0.4) is 0 Å². The first kappa shape index (κ1) is 18.0. The lowest BCUT2D eigenvalue weighted by Crippen LogP contribution is -2.19. The second-order valence-electron chi connectivity index (χ2n) is 6.45. The number of nitrogens with zero attached hydrogens (tertiary/aromatic N) is 3. The molecule has 0 fully saturated rings. The highest BCUT2D eigenvalue weighted by atomic mass is 16.5. The highest BCUT2D eigenvalue weighted by Gasteiger charge is 2.06. The van der Waals surface area contributed by atoms with Crippen LogP contribution in [-0.4, -0.2) is 20.5 Å². The Kier molecular flexibility index (Phi) is 5.56. The van der Waals surface area contributed by atoms with Crippen molar-refractivity contribution in [2.24, 2.45) is 0 Å². The Morgan fingerprint density at radius 2 is 1.81 bits per heavy atom. The number of pyridine rings is 1. The third-order valence-corrected chi connectivity index (χ3v) is 4.38. The van der Waals surface area contributed by atoms with E-state index in [4.69, 9.17) is 4.74 Å². The zero-order valence-electron chi connectivity index (χ0n) is 15.6. The van der Waals surface area contributed by atoms with Crippen LogP contribution in [0.25, 0.3) is 16.8 Å². The minimum Gasteiger partial charge on any atom is -0.491 e. The smallest absolute Gasteiger partial charge is 0.250 e. The molecule has 3 rings (SSSR count). The van der Waals surface area contributed by atoms with E-state index < -0.39 is 0 Å². The maximum Gasteiger partial charge on any atom is 0.250 e. The van der Waals surface area contributed by atoms with Crippen molar-refractivity contribution in [2.45, 2.75) is 46.3 Å². The fourth-order valence-corrected chi connectivity index (χ4v) is 2.72. The van der Waals surface area contributed by atoms with Crippen LogP contribution in [0.4, 0.5) is 0 Å². The van der Waals surface area contributed by atoms with Crippen molar-refractivity contribution in [3.05, 3.63) is 65.3 Å². The summed E-state index contributed by atoms with van der Waals surface area (Å²) in [7, 11) is 0. The van der Waals surface area contributed by atoms with E-state index in [2.05, 4.69) is 25.9 Å². The summed E-state index contributed by atoms with van der Waals surface area (Å²) in [5, 5.41) is 4.45. The van der Waals surface area contributed by atoms with E-state index in [0.717, 1.165) is 35.4 Å². The van der Waals surface area contributed by atoms with Gasteiger partial charge in [-0.25, -0.2) is 4.68 Å². The third kappa shape index (κ3) is 4.04. The molecule has 2 heterocycles. The van der Waals surface area contributed by atoms with E-state index in [9.17, 15) is 4.79 Å². The molecule has 3 aromatic rings. The van der Waals surface area contributed by atoms with Gasteiger partial charge in [-0.3, -0.25) is 4.79 Å². The maximum absolute atomic E-state index is 11.9. The van der Waals surface area contributed by atoms with Gasteiger partial charge in [-0.2, -0.15) is 5.10 Å². The Morgan fingerprint density at radius 3 is 2.50 bits per heavy atom. The summed E-state index contributed by atoms with van der Waals surface area (Å²) < 4.78 is 9.34. The van der Waals surface area contributed by atoms with Crippen LogP contribution in [-0.2, 0) is 6.54 Å². The van der Waals surface area contributed by atoms with Crippen molar-refractivity contribution in [1.29, 1.82) is 0 Å². The lowest BCUT2D eigenvalue weighted by molar-refractivity contribution is 0.217. The average molecular weight is 351 g/mol. The van der Waals surface area contributed by atoms with Crippen molar-refractivity contribution in [3.8, 4) is 22.6 Å². The van der Waals surface area contributed by atoms with Crippen LogP contribution in [0.15, 0.2) is 59.8 Å². The van der Waals surface area contributed by atoms with Crippen LogP contribution in [0.1, 0.15) is 33.6 Å². The number of aromatic nitrogens is 3. The minimum atomic E-state index is 0.0138. The van der Waals surface area contributed by atoms with Crippen LogP contribution in [0, 0.1) is 0 Å². The first-order valence-corrected chi connectivity index (χ1v) is 9.13. The highest BCUT2D eigenvalue weighted by molar-refractivity contribution is 5.63.